The molecule has 0 radical (unpaired) electrons. The van der Waals surface area contributed by atoms with Crippen molar-refractivity contribution in [2.45, 2.75) is 26.7 Å². The fourth-order valence-corrected chi connectivity index (χ4v) is 5.36. The number of amidine groups is 1. The Morgan fingerprint density at radius 1 is 1.18 bits per heavy atom. The Morgan fingerprint density at radius 3 is 2.61 bits per heavy atom. The summed E-state index contributed by atoms with van der Waals surface area (Å²) in [5.74, 6) is 0.303. The second-order valence-corrected chi connectivity index (χ2v) is 9.56. The number of nitrogens with zero attached hydrogens (tertiary/aromatic N) is 5. The maximum Gasteiger partial charge on any atom is 0.296 e. The Hall–Kier alpha value is -3.35. The highest BCUT2D eigenvalue weighted by molar-refractivity contribution is 8.14. The largest absolute Gasteiger partial charge is 0.296 e. The first-order chi connectivity index (χ1) is 15.9. The van der Waals surface area contributed by atoms with Gasteiger partial charge in [0.25, 0.3) is 11.5 Å². The van der Waals surface area contributed by atoms with E-state index in [9.17, 15) is 9.59 Å². The van der Waals surface area contributed by atoms with Crippen molar-refractivity contribution in [3.8, 4) is 11.8 Å². The molecular formula is C24H23N5O2S2. The number of nitriles is 1. The molecule has 2 aromatic heterocycles. The Balaban J connectivity index is 1.80. The van der Waals surface area contributed by atoms with Gasteiger partial charge in [-0.05, 0) is 55.5 Å². The summed E-state index contributed by atoms with van der Waals surface area (Å²) >= 11 is 2.93. The number of aliphatic imine (C=N–C) groups is 1. The molecule has 168 valence electrons. The molecule has 7 nitrogen and oxygen atoms in total. The lowest BCUT2D eigenvalue weighted by Gasteiger charge is -2.16. The van der Waals surface area contributed by atoms with Crippen molar-refractivity contribution in [3.63, 3.8) is 0 Å². The summed E-state index contributed by atoms with van der Waals surface area (Å²) in [5, 5.41) is 11.3. The van der Waals surface area contributed by atoms with Gasteiger partial charge in [0.1, 0.15) is 11.4 Å². The summed E-state index contributed by atoms with van der Waals surface area (Å²) in [6.07, 6.45) is 2.88. The number of thiophene rings is 1. The maximum atomic E-state index is 13.6. The van der Waals surface area contributed by atoms with E-state index in [1.54, 1.807) is 33.8 Å². The zero-order valence-electron chi connectivity index (χ0n) is 18.6. The summed E-state index contributed by atoms with van der Waals surface area (Å²) in [7, 11) is 1.80. The van der Waals surface area contributed by atoms with Gasteiger partial charge in [-0.2, -0.15) is 5.26 Å². The molecule has 0 saturated heterocycles. The van der Waals surface area contributed by atoms with Gasteiger partial charge in [-0.15, -0.1) is 11.3 Å². The smallest absolute Gasteiger partial charge is 0.283 e. The van der Waals surface area contributed by atoms with E-state index in [0.29, 0.717) is 40.8 Å². The third-order valence-electron chi connectivity index (χ3n) is 5.41. The molecule has 3 aromatic rings. The highest BCUT2D eigenvalue weighted by Gasteiger charge is 2.36. The van der Waals surface area contributed by atoms with Crippen LogP contribution in [0, 0.1) is 25.2 Å². The zero-order valence-corrected chi connectivity index (χ0v) is 20.2. The molecule has 3 heterocycles. The van der Waals surface area contributed by atoms with Crippen LogP contribution in [0.3, 0.4) is 0 Å². The van der Waals surface area contributed by atoms with Gasteiger partial charge in [-0.1, -0.05) is 30.0 Å². The van der Waals surface area contributed by atoms with Gasteiger partial charge in [-0.3, -0.25) is 14.3 Å². The summed E-state index contributed by atoms with van der Waals surface area (Å²) in [5.41, 5.74) is 2.77. The minimum absolute atomic E-state index is 0.284. The first-order valence-electron chi connectivity index (χ1n) is 10.5. The number of carbonyl (C=O) groups excluding carboxylic acids is 1. The molecule has 0 saturated carbocycles. The number of anilines is 1. The van der Waals surface area contributed by atoms with Gasteiger partial charge < -0.3 is 0 Å². The van der Waals surface area contributed by atoms with Gasteiger partial charge in [0.15, 0.2) is 5.17 Å². The predicted octanol–water partition coefficient (Wildman–Crippen LogP) is 4.64. The number of unbranched alkanes of at least 4 members (excludes halogenated alkanes) is 1. The van der Waals surface area contributed by atoms with Crippen LogP contribution in [0.25, 0.3) is 11.8 Å². The first kappa shape index (κ1) is 22.8. The van der Waals surface area contributed by atoms with Crippen LogP contribution in [0.5, 0.6) is 0 Å². The van der Waals surface area contributed by atoms with Crippen LogP contribution in [0.15, 0.2) is 57.3 Å². The van der Waals surface area contributed by atoms with Gasteiger partial charge >= 0.3 is 0 Å². The molecule has 1 aliphatic heterocycles. The van der Waals surface area contributed by atoms with E-state index in [1.807, 2.05) is 55.6 Å². The fraction of sp³-hybridized carbons (Fsp3) is 0.250. The average Bonchev–Trinajstić information content (AvgIpc) is 3.42. The number of hydrogen-bond acceptors (Lipinski definition) is 6. The molecule has 0 unspecified atom stereocenters. The van der Waals surface area contributed by atoms with Crippen molar-refractivity contribution in [2.24, 2.45) is 12.0 Å². The minimum atomic E-state index is -0.323. The monoisotopic (exact) mass is 477 g/mol. The number of amides is 1. The Bertz CT molecular complexity index is 1360. The van der Waals surface area contributed by atoms with Crippen LogP contribution in [0.4, 0.5) is 5.69 Å². The predicted molar refractivity (Wildman–Crippen MR) is 135 cm³/mol. The summed E-state index contributed by atoms with van der Waals surface area (Å²) in [6, 6.07) is 13.5. The number of rotatable bonds is 6. The highest BCUT2D eigenvalue weighted by Crippen LogP contribution is 2.31. The molecule has 9 heteroatoms. The quantitative estimate of drug-likeness (QED) is 0.383. The first-order valence-corrected chi connectivity index (χ1v) is 12.3. The summed E-state index contributed by atoms with van der Waals surface area (Å²) < 4.78 is 3.31. The molecule has 1 amide bonds. The van der Waals surface area contributed by atoms with Crippen molar-refractivity contribution >= 4 is 45.9 Å². The lowest BCUT2D eigenvalue weighted by Crippen LogP contribution is -2.35. The number of carbonyl (C=O) groups is 1. The number of para-hydroxylation sites is 1. The van der Waals surface area contributed by atoms with E-state index < -0.39 is 0 Å². The fourth-order valence-electron chi connectivity index (χ4n) is 3.57. The Labute approximate surface area is 200 Å². The minimum Gasteiger partial charge on any atom is -0.283 e. The van der Waals surface area contributed by atoms with Gasteiger partial charge in [-0.25, -0.2) is 14.6 Å². The molecular weight excluding hydrogens is 454 g/mol. The van der Waals surface area contributed by atoms with E-state index in [0.717, 1.165) is 16.1 Å². The van der Waals surface area contributed by atoms with E-state index >= 15 is 0 Å². The van der Waals surface area contributed by atoms with Crippen molar-refractivity contribution in [2.75, 3.05) is 10.7 Å². The molecule has 1 aromatic carbocycles. The normalized spacial score (nSPS) is 14.7. The number of hydrogen-bond donors (Lipinski definition) is 0. The lowest BCUT2D eigenvalue weighted by molar-refractivity contribution is -0.113. The second-order valence-electron chi connectivity index (χ2n) is 7.55. The number of aromatic nitrogens is 2. The zero-order chi connectivity index (χ0) is 23.5. The molecule has 4 rings (SSSR count). The topological polar surface area (TPSA) is 83.4 Å². The van der Waals surface area contributed by atoms with Crippen LogP contribution < -0.4 is 10.5 Å². The Morgan fingerprint density at radius 2 is 1.94 bits per heavy atom. The van der Waals surface area contributed by atoms with E-state index in [2.05, 4.69) is 11.1 Å². The van der Waals surface area contributed by atoms with Crippen LogP contribution in [-0.2, 0) is 11.8 Å². The SMILES string of the molecule is Cc1ccsc1/C=C1\N=C(SCCCC#N)N(c2c(C)n(C)n(-c3ccccc3)c2=O)C1=O. The number of aryl methyl sites for hydroxylation is 1. The van der Waals surface area contributed by atoms with Crippen molar-refractivity contribution in [3.05, 3.63) is 74.0 Å². The van der Waals surface area contributed by atoms with E-state index in [-0.39, 0.29) is 11.5 Å². The summed E-state index contributed by atoms with van der Waals surface area (Å²) in [4.78, 5) is 34.1. The summed E-state index contributed by atoms with van der Waals surface area (Å²) in [6.45, 7) is 3.81. The van der Waals surface area contributed by atoms with E-state index in [1.165, 1.54) is 16.7 Å². The van der Waals surface area contributed by atoms with Crippen LogP contribution in [0.1, 0.15) is 29.0 Å². The number of benzene rings is 1. The molecule has 33 heavy (non-hydrogen) atoms. The van der Waals surface area contributed by atoms with Gasteiger partial charge in [0.2, 0.25) is 0 Å². The third kappa shape index (κ3) is 4.32. The molecule has 0 spiro atoms. The second kappa shape index (κ2) is 9.65. The van der Waals surface area contributed by atoms with Crippen LogP contribution in [0.2, 0.25) is 0 Å². The van der Waals surface area contributed by atoms with Gasteiger partial charge in [0, 0.05) is 24.1 Å². The molecule has 0 bridgehead atoms. The van der Waals surface area contributed by atoms with E-state index in [4.69, 9.17) is 5.26 Å². The molecule has 0 atom stereocenters. The van der Waals surface area contributed by atoms with Crippen molar-refractivity contribution in [1.29, 1.82) is 5.26 Å². The maximum absolute atomic E-state index is 13.6. The molecule has 0 aliphatic carbocycles. The van der Waals surface area contributed by atoms with Crippen molar-refractivity contribution < 1.29 is 4.79 Å². The van der Waals surface area contributed by atoms with Crippen LogP contribution in [-0.4, -0.2) is 26.2 Å². The van der Waals surface area contributed by atoms with Gasteiger partial charge in [0.05, 0.1) is 17.5 Å². The highest BCUT2D eigenvalue weighted by atomic mass is 32.2. The lowest BCUT2D eigenvalue weighted by atomic mass is 10.2. The Kier molecular flexibility index (Phi) is 6.67. The molecule has 1 aliphatic rings. The molecule has 0 N–H and O–H groups in total. The average molecular weight is 478 g/mol. The number of thioether (sulfide) groups is 1. The third-order valence-corrected chi connectivity index (χ3v) is 7.40. The van der Waals surface area contributed by atoms with Crippen LogP contribution >= 0.6 is 23.1 Å². The van der Waals surface area contributed by atoms with Crippen molar-refractivity contribution in [1.82, 2.24) is 9.36 Å². The molecule has 0 fully saturated rings. The standard InChI is InChI=1S/C24H23N5O2S2/c1-16-11-14-32-20(16)15-19-22(30)28(24(26-19)33-13-8-7-12-25)21-17(2)27(3)29(23(21)31)18-9-5-4-6-10-18/h4-6,9-11,14-15H,7-8,13H2,1-3H3/b19-15-.